The van der Waals surface area contributed by atoms with Crippen molar-refractivity contribution in [2.75, 3.05) is 18.7 Å². The number of para-hydroxylation sites is 1. The molecule has 1 aliphatic heterocycles. The number of fused-ring (bicyclic) bond motifs is 1. The van der Waals surface area contributed by atoms with Crippen molar-refractivity contribution in [3.63, 3.8) is 0 Å². The molecule has 1 heterocycles. The molecule has 0 aromatic heterocycles. The highest BCUT2D eigenvalue weighted by molar-refractivity contribution is 6.09. The fourth-order valence-electron chi connectivity index (χ4n) is 3.23. The Kier molecular flexibility index (Phi) is 6.76. The van der Waals surface area contributed by atoms with Gasteiger partial charge in [-0.25, -0.2) is 0 Å². The molecule has 0 fully saturated rings. The Bertz CT molecular complexity index is 1220. The van der Waals surface area contributed by atoms with E-state index in [1.54, 1.807) is 30.3 Å². The summed E-state index contributed by atoms with van der Waals surface area (Å²) in [4.78, 5) is 12.5. The molecule has 1 N–H and O–H groups in total. The number of amides is 1. The van der Waals surface area contributed by atoms with Gasteiger partial charge in [0, 0.05) is 5.69 Å². The first-order valence-corrected chi connectivity index (χ1v) is 10.4. The van der Waals surface area contributed by atoms with Crippen LogP contribution >= 0.6 is 0 Å². The molecule has 1 aliphatic rings. The van der Waals surface area contributed by atoms with Crippen molar-refractivity contribution >= 4 is 17.7 Å². The van der Waals surface area contributed by atoms with Crippen LogP contribution in [0.2, 0.25) is 0 Å². The average Bonchev–Trinajstić information content (AvgIpc) is 3.31. The number of hydrogen-bond donors (Lipinski definition) is 1. The summed E-state index contributed by atoms with van der Waals surface area (Å²) in [6, 6.07) is 21.8. The lowest BCUT2D eigenvalue weighted by molar-refractivity contribution is -0.112. The number of carbonyl (C=O) groups excluding carboxylic acids is 1. The zero-order valence-electron chi connectivity index (χ0n) is 18.0. The molecule has 1 amide bonds. The number of nitrogens with zero attached hydrogens (tertiary/aromatic N) is 1. The molecule has 7 nitrogen and oxygen atoms in total. The minimum atomic E-state index is -0.482. The second-order valence-electron chi connectivity index (χ2n) is 7.11. The molecule has 0 saturated heterocycles. The molecule has 0 atom stereocenters. The Hall–Kier alpha value is -4.44. The first-order valence-electron chi connectivity index (χ1n) is 10.4. The van der Waals surface area contributed by atoms with Gasteiger partial charge < -0.3 is 24.3 Å². The second kappa shape index (κ2) is 10.2. The predicted molar refractivity (Wildman–Crippen MR) is 123 cm³/mol. The van der Waals surface area contributed by atoms with Crippen LogP contribution < -0.4 is 24.3 Å². The van der Waals surface area contributed by atoms with Gasteiger partial charge >= 0.3 is 0 Å². The highest BCUT2D eigenvalue weighted by Gasteiger charge is 2.15. The Labute approximate surface area is 191 Å². The van der Waals surface area contributed by atoms with Gasteiger partial charge in [-0.2, -0.15) is 5.26 Å². The van der Waals surface area contributed by atoms with Crippen LogP contribution in [-0.4, -0.2) is 19.3 Å². The van der Waals surface area contributed by atoms with E-state index in [0.717, 1.165) is 11.3 Å². The molecule has 0 saturated carbocycles. The molecule has 0 radical (unpaired) electrons. The molecule has 0 bridgehead atoms. The van der Waals surface area contributed by atoms with Crippen LogP contribution in [0, 0.1) is 11.3 Å². The number of hydrogen-bond acceptors (Lipinski definition) is 6. The van der Waals surface area contributed by atoms with Crippen LogP contribution in [0.1, 0.15) is 18.1 Å². The second-order valence-corrected chi connectivity index (χ2v) is 7.11. The molecule has 0 aliphatic carbocycles. The Morgan fingerprint density at radius 3 is 2.64 bits per heavy atom. The fourth-order valence-corrected chi connectivity index (χ4v) is 3.23. The standard InChI is InChI=1S/C26H22N2O5/c1-2-30-24-13-18(12-20(15-27)26(29)28-21-6-4-3-5-7-21)8-10-22(24)31-16-19-9-11-23-25(14-19)33-17-32-23/h3-14H,2,16-17H2,1H3,(H,28,29)/b20-12-. The SMILES string of the molecule is CCOc1cc(/C=C(/C#N)C(=O)Nc2ccccc2)ccc1OCc1ccc2c(c1)OCO2. The van der Waals surface area contributed by atoms with E-state index >= 15 is 0 Å². The average molecular weight is 442 g/mol. The lowest BCUT2D eigenvalue weighted by atomic mass is 10.1. The van der Waals surface area contributed by atoms with E-state index in [1.165, 1.54) is 6.08 Å². The molecule has 7 heteroatoms. The van der Waals surface area contributed by atoms with Crippen molar-refractivity contribution in [2.24, 2.45) is 0 Å². The van der Waals surface area contributed by atoms with E-state index in [0.29, 0.717) is 41.7 Å². The summed E-state index contributed by atoms with van der Waals surface area (Å²) in [5.41, 5.74) is 2.17. The van der Waals surface area contributed by atoms with Crippen LogP contribution in [0.15, 0.2) is 72.3 Å². The van der Waals surface area contributed by atoms with Gasteiger partial charge in [-0.1, -0.05) is 30.3 Å². The minimum Gasteiger partial charge on any atom is -0.490 e. The van der Waals surface area contributed by atoms with E-state index in [1.807, 2.05) is 49.4 Å². The van der Waals surface area contributed by atoms with Gasteiger partial charge in [0.2, 0.25) is 6.79 Å². The molecule has 4 rings (SSSR count). The zero-order valence-corrected chi connectivity index (χ0v) is 18.0. The number of nitriles is 1. The summed E-state index contributed by atoms with van der Waals surface area (Å²) in [5.74, 6) is 2.00. The highest BCUT2D eigenvalue weighted by Crippen LogP contribution is 2.34. The van der Waals surface area contributed by atoms with E-state index in [-0.39, 0.29) is 12.4 Å². The first kappa shape index (κ1) is 21.8. The van der Waals surface area contributed by atoms with Crippen LogP contribution in [0.5, 0.6) is 23.0 Å². The molecule has 3 aromatic carbocycles. The van der Waals surface area contributed by atoms with E-state index in [4.69, 9.17) is 18.9 Å². The molecule has 0 unspecified atom stereocenters. The summed E-state index contributed by atoms with van der Waals surface area (Å²) < 4.78 is 22.4. The van der Waals surface area contributed by atoms with Crippen molar-refractivity contribution in [1.82, 2.24) is 0 Å². The first-order chi connectivity index (χ1) is 16.2. The van der Waals surface area contributed by atoms with Crippen LogP contribution in [0.25, 0.3) is 6.08 Å². The quantitative estimate of drug-likeness (QED) is 0.393. The summed E-state index contributed by atoms with van der Waals surface area (Å²) in [6.07, 6.45) is 1.52. The summed E-state index contributed by atoms with van der Waals surface area (Å²) in [6.45, 7) is 2.84. The van der Waals surface area contributed by atoms with Gasteiger partial charge in [-0.05, 0) is 60.5 Å². The van der Waals surface area contributed by atoms with Crippen molar-refractivity contribution in [3.8, 4) is 29.1 Å². The highest BCUT2D eigenvalue weighted by atomic mass is 16.7. The van der Waals surface area contributed by atoms with Crippen molar-refractivity contribution in [3.05, 3.63) is 83.4 Å². The van der Waals surface area contributed by atoms with Gasteiger partial charge in [0.1, 0.15) is 18.2 Å². The third kappa shape index (κ3) is 5.43. The van der Waals surface area contributed by atoms with E-state index in [2.05, 4.69) is 5.32 Å². The lowest BCUT2D eigenvalue weighted by Gasteiger charge is -2.13. The van der Waals surface area contributed by atoms with Crippen molar-refractivity contribution in [2.45, 2.75) is 13.5 Å². The smallest absolute Gasteiger partial charge is 0.266 e. The molecule has 166 valence electrons. The molecule has 3 aromatic rings. The largest absolute Gasteiger partial charge is 0.490 e. The Morgan fingerprint density at radius 1 is 1.03 bits per heavy atom. The van der Waals surface area contributed by atoms with Gasteiger partial charge in [-0.15, -0.1) is 0 Å². The number of benzene rings is 3. The topological polar surface area (TPSA) is 89.8 Å². The maximum atomic E-state index is 12.5. The maximum absolute atomic E-state index is 12.5. The number of ether oxygens (including phenoxy) is 4. The third-order valence-electron chi connectivity index (χ3n) is 4.81. The number of rotatable bonds is 8. The zero-order chi connectivity index (χ0) is 23.0. The maximum Gasteiger partial charge on any atom is 0.266 e. The van der Waals surface area contributed by atoms with Crippen LogP contribution in [0.4, 0.5) is 5.69 Å². The number of anilines is 1. The summed E-state index contributed by atoms with van der Waals surface area (Å²) in [7, 11) is 0. The van der Waals surface area contributed by atoms with Crippen molar-refractivity contribution < 1.29 is 23.7 Å². The Balaban J connectivity index is 1.49. The monoisotopic (exact) mass is 442 g/mol. The van der Waals surface area contributed by atoms with Crippen molar-refractivity contribution in [1.29, 1.82) is 5.26 Å². The fraction of sp³-hybridized carbons (Fsp3) is 0.154. The third-order valence-corrected chi connectivity index (χ3v) is 4.81. The normalized spacial score (nSPS) is 12.1. The van der Waals surface area contributed by atoms with E-state index < -0.39 is 5.91 Å². The minimum absolute atomic E-state index is 0.0182. The van der Waals surface area contributed by atoms with Gasteiger partial charge in [0.25, 0.3) is 5.91 Å². The van der Waals surface area contributed by atoms with Gasteiger partial charge in [-0.3, -0.25) is 4.79 Å². The van der Waals surface area contributed by atoms with Gasteiger partial charge in [0.05, 0.1) is 6.61 Å². The molecular formula is C26H22N2O5. The summed E-state index contributed by atoms with van der Waals surface area (Å²) >= 11 is 0. The number of nitrogens with one attached hydrogen (secondary N) is 1. The predicted octanol–water partition coefficient (Wildman–Crippen LogP) is 4.94. The van der Waals surface area contributed by atoms with Gasteiger partial charge in [0.15, 0.2) is 23.0 Å². The number of carbonyl (C=O) groups is 1. The van der Waals surface area contributed by atoms with E-state index in [9.17, 15) is 10.1 Å². The molecule has 0 spiro atoms. The lowest BCUT2D eigenvalue weighted by Crippen LogP contribution is -2.13. The molecular weight excluding hydrogens is 420 g/mol. The Morgan fingerprint density at radius 2 is 1.85 bits per heavy atom. The summed E-state index contributed by atoms with van der Waals surface area (Å²) in [5, 5.41) is 12.2. The van der Waals surface area contributed by atoms with Crippen LogP contribution in [0.3, 0.4) is 0 Å². The molecule has 33 heavy (non-hydrogen) atoms. The van der Waals surface area contributed by atoms with Crippen LogP contribution in [-0.2, 0) is 11.4 Å².